The lowest BCUT2D eigenvalue weighted by Gasteiger charge is -2.32. The molecule has 1 aliphatic heterocycles. The van der Waals surface area contributed by atoms with E-state index in [4.69, 9.17) is 0 Å². The third-order valence-electron chi connectivity index (χ3n) is 4.09. The summed E-state index contributed by atoms with van der Waals surface area (Å²) < 4.78 is 0. The summed E-state index contributed by atoms with van der Waals surface area (Å²) in [7, 11) is 0. The standard InChI is InChI=1S/C16H30N4O2.ClH/c1-16(2,3)19-15(22)18-14(21)11-20-8-6-13(7-9-20)17-10-12-4-5-12;/h12-13,17H,4-11H2,1-3H3,(H2,18,19,21,22);1H. The highest BCUT2D eigenvalue weighted by molar-refractivity contribution is 5.95. The molecule has 23 heavy (non-hydrogen) atoms. The summed E-state index contributed by atoms with van der Waals surface area (Å²) in [5, 5.41) is 8.75. The van der Waals surface area contributed by atoms with Gasteiger partial charge in [0.25, 0.3) is 0 Å². The average Bonchev–Trinajstić information content (AvgIpc) is 3.19. The number of urea groups is 1. The second-order valence-corrected chi connectivity index (χ2v) is 7.65. The Hall–Kier alpha value is -0.850. The van der Waals surface area contributed by atoms with E-state index in [2.05, 4.69) is 20.9 Å². The molecule has 0 aromatic rings. The van der Waals surface area contributed by atoms with Gasteiger partial charge in [0, 0.05) is 24.7 Å². The number of nitrogens with one attached hydrogen (secondary N) is 3. The molecule has 134 valence electrons. The van der Waals surface area contributed by atoms with Gasteiger partial charge in [-0.2, -0.15) is 0 Å². The molecule has 1 saturated heterocycles. The van der Waals surface area contributed by atoms with Crippen LogP contribution >= 0.6 is 12.4 Å². The minimum absolute atomic E-state index is 0. The molecule has 2 fully saturated rings. The molecule has 0 spiro atoms. The fraction of sp³-hybridized carbons (Fsp3) is 0.875. The lowest BCUT2D eigenvalue weighted by molar-refractivity contribution is -0.121. The van der Waals surface area contributed by atoms with Crippen LogP contribution in [0.5, 0.6) is 0 Å². The van der Waals surface area contributed by atoms with Crippen LogP contribution in [-0.4, -0.2) is 54.6 Å². The van der Waals surface area contributed by atoms with Gasteiger partial charge in [0.05, 0.1) is 6.54 Å². The Labute approximate surface area is 145 Å². The van der Waals surface area contributed by atoms with Crippen LogP contribution in [0.25, 0.3) is 0 Å². The molecule has 0 unspecified atom stereocenters. The van der Waals surface area contributed by atoms with Crippen molar-refractivity contribution < 1.29 is 9.59 Å². The Balaban J connectivity index is 0.00000264. The number of imide groups is 1. The number of carbonyl (C=O) groups excluding carboxylic acids is 2. The van der Waals surface area contributed by atoms with Crippen molar-refractivity contribution in [3.63, 3.8) is 0 Å². The van der Waals surface area contributed by atoms with Gasteiger partial charge >= 0.3 is 6.03 Å². The van der Waals surface area contributed by atoms with Crippen molar-refractivity contribution in [2.75, 3.05) is 26.2 Å². The van der Waals surface area contributed by atoms with Crippen molar-refractivity contribution in [1.29, 1.82) is 0 Å². The number of hydrogen-bond donors (Lipinski definition) is 3. The molecule has 3 amide bonds. The molecule has 0 atom stereocenters. The van der Waals surface area contributed by atoms with Crippen LogP contribution in [0.15, 0.2) is 0 Å². The molecular weight excluding hydrogens is 316 g/mol. The number of rotatable bonds is 5. The van der Waals surface area contributed by atoms with E-state index in [1.54, 1.807) is 0 Å². The lowest BCUT2D eigenvalue weighted by Crippen LogP contribution is -2.51. The zero-order valence-corrected chi connectivity index (χ0v) is 15.3. The van der Waals surface area contributed by atoms with Crippen molar-refractivity contribution in [2.45, 2.75) is 58.0 Å². The maximum atomic E-state index is 11.9. The Morgan fingerprint density at radius 3 is 2.22 bits per heavy atom. The molecule has 1 aliphatic carbocycles. The maximum absolute atomic E-state index is 11.9. The van der Waals surface area contributed by atoms with Gasteiger partial charge in [-0.15, -0.1) is 12.4 Å². The van der Waals surface area contributed by atoms with Gasteiger partial charge in [-0.1, -0.05) is 0 Å². The fourth-order valence-electron chi connectivity index (χ4n) is 2.69. The first kappa shape index (κ1) is 20.2. The summed E-state index contributed by atoms with van der Waals surface area (Å²) >= 11 is 0. The van der Waals surface area contributed by atoms with Gasteiger partial charge < -0.3 is 10.6 Å². The number of halogens is 1. The number of piperidine rings is 1. The average molecular weight is 347 g/mol. The minimum Gasteiger partial charge on any atom is -0.333 e. The smallest absolute Gasteiger partial charge is 0.321 e. The topological polar surface area (TPSA) is 73.5 Å². The van der Waals surface area contributed by atoms with E-state index in [0.29, 0.717) is 12.6 Å². The van der Waals surface area contributed by atoms with Crippen LogP contribution < -0.4 is 16.0 Å². The van der Waals surface area contributed by atoms with Gasteiger partial charge in [0.15, 0.2) is 0 Å². The fourth-order valence-corrected chi connectivity index (χ4v) is 2.69. The third-order valence-corrected chi connectivity index (χ3v) is 4.09. The van der Waals surface area contributed by atoms with E-state index in [9.17, 15) is 9.59 Å². The largest absolute Gasteiger partial charge is 0.333 e. The zero-order chi connectivity index (χ0) is 16.2. The lowest BCUT2D eigenvalue weighted by atomic mass is 10.0. The third kappa shape index (κ3) is 8.53. The predicted octanol–water partition coefficient (Wildman–Crippen LogP) is 1.50. The number of amides is 3. The van der Waals surface area contributed by atoms with E-state index in [-0.39, 0.29) is 23.9 Å². The van der Waals surface area contributed by atoms with Gasteiger partial charge in [-0.3, -0.25) is 15.0 Å². The first-order valence-corrected chi connectivity index (χ1v) is 8.39. The highest BCUT2D eigenvalue weighted by Crippen LogP contribution is 2.28. The normalized spacial score (nSPS) is 19.8. The molecule has 7 heteroatoms. The van der Waals surface area contributed by atoms with Crippen LogP contribution in [0.4, 0.5) is 4.79 Å². The van der Waals surface area contributed by atoms with E-state index in [0.717, 1.165) is 38.4 Å². The van der Waals surface area contributed by atoms with Gasteiger partial charge in [0.1, 0.15) is 0 Å². The van der Waals surface area contributed by atoms with Crippen molar-refractivity contribution in [3.8, 4) is 0 Å². The van der Waals surface area contributed by atoms with Crippen LogP contribution in [0.2, 0.25) is 0 Å². The van der Waals surface area contributed by atoms with Gasteiger partial charge in [-0.05, 0) is 58.9 Å². The molecule has 0 aromatic heterocycles. The second-order valence-electron chi connectivity index (χ2n) is 7.65. The summed E-state index contributed by atoms with van der Waals surface area (Å²) in [6.45, 7) is 8.93. The number of likely N-dealkylation sites (tertiary alicyclic amines) is 1. The van der Waals surface area contributed by atoms with Crippen LogP contribution in [-0.2, 0) is 4.79 Å². The highest BCUT2D eigenvalue weighted by Gasteiger charge is 2.25. The van der Waals surface area contributed by atoms with Gasteiger partial charge in [0.2, 0.25) is 5.91 Å². The van der Waals surface area contributed by atoms with Crippen molar-refractivity contribution in [3.05, 3.63) is 0 Å². The molecule has 3 N–H and O–H groups in total. The van der Waals surface area contributed by atoms with E-state index in [1.807, 2.05) is 20.8 Å². The first-order valence-electron chi connectivity index (χ1n) is 8.39. The summed E-state index contributed by atoms with van der Waals surface area (Å²) in [6, 6.07) is 0.169. The Bertz CT molecular complexity index is 399. The molecule has 2 rings (SSSR count). The molecular formula is C16H31ClN4O2. The molecule has 1 saturated carbocycles. The van der Waals surface area contributed by atoms with E-state index in [1.165, 1.54) is 12.8 Å². The summed E-state index contributed by atoms with van der Waals surface area (Å²) in [5.41, 5.74) is -0.337. The summed E-state index contributed by atoms with van der Waals surface area (Å²) in [4.78, 5) is 25.6. The van der Waals surface area contributed by atoms with Gasteiger partial charge in [-0.25, -0.2) is 4.79 Å². The molecule has 0 bridgehead atoms. The molecule has 1 heterocycles. The van der Waals surface area contributed by atoms with Crippen molar-refractivity contribution in [1.82, 2.24) is 20.9 Å². The Morgan fingerprint density at radius 2 is 1.70 bits per heavy atom. The maximum Gasteiger partial charge on any atom is 0.321 e. The number of nitrogens with zero attached hydrogens (tertiary/aromatic N) is 1. The number of carbonyl (C=O) groups is 2. The van der Waals surface area contributed by atoms with Crippen LogP contribution in [0.1, 0.15) is 46.5 Å². The minimum atomic E-state index is -0.418. The molecule has 6 nitrogen and oxygen atoms in total. The quantitative estimate of drug-likeness (QED) is 0.705. The zero-order valence-electron chi connectivity index (χ0n) is 14.5. The molecule has 0 radical (unpaired) electrons. The van der Waals surface area contributed by atoms with E-state index < -0.39 is 6.03 Å². The Kier molecular flexibility index (Phi) is 7.77. The summed E-state index contributed by atoms with van der Waals surface area (Å²) in [5.74, 6) is 0.677. The van der Waals surface area contributed by atoms with Crippen LogP contribution in [0.3, 0.4) is 0 Å². The van der Waals surface area contributed by atoms with Crippen molar-refractivity contribution in [2.24, 2.45) is 5.92 Å². The highest BCUT2D eigenvalue weighted by atomic mass is 35.5. The molecule has 0 aromatic carbocycles. The molecule has 2 aliphatic rings. The SMILES string of the molecule is CC(C)(C)NC(=O)NC(=O)CN1CCC(NCC2CC2)CC1.Cl. The van der Waals surface area contributed by atoms with Crippen molar-refractivity contribution >= 4 is 24.3 Å². The second kappa shape index (κ2) is 8.85. The van der Waals surface area contributed by atoms with E-state index >= 15 is 0 Å². The first-order chi connectivity index (χ1) is 10.3. The predicted molar refractivity (Wildman–Crippen MR) is 93.9 cm³/mol. The van der Waals surface area contributed by atoms with Crippen LogP contribution in [0, 0.1) is 5.92 Å². The Morgan fingerprint density at radius 1 is 1.09 bits per heavy atom. The number of hydrogen-bond acceptors (Lipinski definition) is 4. The monoisotopic (exact) mass is 346 g/mol. The summed E-state index contributed by atoms with van der Waals surface area (Å²) in [6.07, 6.45) is 4.91.